The lowest BCUT2D eigenvalue weighted by molar-refractivity contribution is -0.156. The maximum Gasteiger partial charge on any atom is 0.313 e. The summed E-state index contributed by atoms with van der Waals surface area (Å²) in [5.41, 5.74) is -1.27. The van der Waals surface area contributed by atoms with Gasteiger partial charge in [-0.2, -0.15) is 0 Å². The number of aliphatic hydroxyl groups is 1. The van der Waals surface area contributed by atoms with Gasteiger partial charge >= 0.3 is 5.97 Å². The van der Waals surface area contributed by atoms with Crippen molar-refractivity contribution >= 4 is 17.8 Å². The number of esters is 1. The number of likely N-dealkylation sites (tertiary alicyclic amines) is 1. The highest BCUT2D eigenvalue weighted by Gasteiger charge is 2.72. The van der Waals surface area contributed by atoms with Crippen LogP contribution >= 0.6 is 0 Å². The highest BCUT2D eigenvalue weighted by molar-refractivity contribution is 5.99. The first-order chi connectivity index (χ1) is 15.8. The van der Waals surface area contributed by atoms with E-state index < -0.39 is 41.6 Å². The molecule has 1 N–H and O–H groups in total. The van der Waals surface area contributed by atoms with Crippen LogP contribution in [-0.2, 0) is 23.9 Å². The zero-order valence-electron chi connectivity index (χ0n) is 20.0. The third-order valence-corrected chi connectivity index (χ3v) is 7.97. The van der Waals surface area contributed by atoms with Crippen molar-refractivity contribution in [2.45, 2.75) is 76.8 Å². The van der Waals surface area contributed by atoms with Crippen molar-refractivity contribution in [1.82, 2.24) is 9.80 Å². The average molecular weight is 461 g/mol. The third-order valence-electron chi connectivity index (χ3n) is 7.97. The minimum atomic E-state index is -1.27. The van der Waals surface area contributed by atoms with Crippen molar-refractivity contribution in [2.75, 3.05) is 19.8 Å². The van der Waals surface area contributed by atoms with Crippen molar-refractivity contribution < 1.29 is 29.0 Å². The SMILES string of the molecule is CCCC(C)N1CC=C[C@]23O[C@H]4C=CCOC(=O)[C@H]4[C@H]2C(=O)N([C@@H](CO)[C@@H](C)CC)C3C1=O. The van der Waals surface area contributed by atoms with Crippen LogP contribution in [0.2, 0.25) is 0 Å². The van der Waals surface area contributed by atoms with Gasteiger partial charge < -0.3 is 24.4 Å². The Balaban J connectivity index is 1.85. The number of hydrogen-bond donors (Lipinski definition) is 1. The standard InChI is InChI=1S/C25H36N2O6/c1-5-9-16(4)26-12-8-11-25-20(19-18(33-25)10-7-13-32-24(19)31)22(29)27(21(25)23(26)30)17(14-28)15(3)6-2/h7-8,10-11,15-21,28H,5-6,9,12-14H2,1-4H3/t15-,16?,17-,18-,19+,20-,21?,25-/m0/s1. The number of rotatable bonds is 7. The molecule has 33 heavy (non-hydrogen) atoms. The highest BCUT2D eigenvalue weighted by Crippen LogP contribution is 2.54. The summed E-state index contributed by atoms with van der Waals surface area (Å²) >= 11 is 0. The molecule has 0 saturated carbocycles. The van der Waals surface area contributed by atoms with E-state index in [0.717, 1.165) is 19.3 Å². The van der Waals surface area contributed by atoms with Gasteiger partial charge in [-0.05, 0) is 25.3 Å². The number of fused-ring (bicyclic) bond motifs is 2. The van der Waals surface area contributed by atoms with Crippen molar-refractivity contribution in [1.29, 1.82) is 0 Å². The van der Waals surface area contributed by atoms with E-state index in [2.05, 4.69) is 6.92 Å². The smallest absolute Gasteiger partial charge is 0.313 e. The lowest BCUT2D eigenvalue weighted by Gasteiger charge is -2.41. The number of amides is 2. The number of carbonyl (C=O) groups is 3. The van der Waals surface area contributed by atoms with E-state index in [1.54, 1.807) is 22.0 Å². The normalized spacial score (nSPS) is 36.0. The fraction of sp³-hybridized carbons (Fsp3) is 0.720. The number of ether oxygens (including phenoxy) is 2. The second kappa shape index (κ2) is 9.22. The molecule has 0 radical (unpaired) electrons. The second-order valence-corrected chi connectivity index (χ2v) is 9.81. The summed E-state index contributed by atoms with van der Waals surface area (Å²) in [5, 5.41) is 10.3. The Labute approximate surface area is 195 Å². The molecule has 2 unspecified atom stereocenters. The van der Waals surface area contributed by atoms with E-state index >= 15 is 0 Å². The molecule has 1 spiro atoms. The van der Waals surface area contributed by atoms with Crippen molar-refractivity contribution in [3.8, 4) is 0 Å². The lowest BCUT2D eigenvalue weighted by atomic mass is 9.78. The number of hydrogen-bond acceptors (Lipinski definition) is 6. The van der Waals surface area contributed by atoms with Crippen LogP contribution in [0.3, 0.4) is 0 Å². The molecule has 0 aromatic carbocycles. The van der Waals surface area contributed by atoms with Crippen molar-refractivity contribution in [2.24, 2.45) is 17.8 Å². The van der Waals surface area contributed by atoms with Crippen LogP contribution in [0.15, 0.2) is 24.3 Å². The van der Waals surface area contributed by atoms with E-state index in [0.29, 0.717) is 6.54 Å². The Morgan fingerprint density at radius 1 is 1.18 bits per heavy atom. The van der Waals surface area contributed by atoms with E-state index in [1.165, 1.54) is 0 Å². The van der Waals surface area contributed by atoms with E-state index in [-0.39, 0.29) is 37.0 Å². The largest absolute Gasteiger partial charge is 0.461 e. The van der Waals surface area contributed by atoms with Gasteiger partial charge in [0, 0.05) is 12.6 Å². The summed E-state index contributed by atoms with van der Waals surface area (Å²) in [4.78, 5) is 44.4. The first-order valence-corrected chi connectivity index (χ1v) is 12.2. The van der Waals surface area contributed by atoms with Crippen LogP contribution in [0.5, 0.6) is 0 Å². The van der Waals surface area contributed by atoms with E-state index in [1.807, 2.05) is 32.9 Å². The molecular weight excluding hydrogens is 424 g/mol. The maximum atomic E-state index is 14.1. The third kappa shape index (κ3) is 3.62. The molecule has 0 aliphatic carbocycles. The number of carbonyl (C=O) groups excluding carboxylic acids is 3. The maximum absolute atomic E-state index is 14.1. The molecule has 2 saturated heterocycles. The lowest BCUT2D eigenvalue weighted by Crippen LogP contribution is -2.60. The number of cyclic esters (lactones) is 1. The molecule has 0 aromatic rings. The van der Waals surface area contributed by atoms with Crippen molar-refractivity contribution in [3.05, 3.63) is 24.3 Å². The summed E-state index contributed by atoms with van der Waals surface area (Å²) in [5.74, 6) is -2.71. The van der Waals surface area contributed by atoms with Crippen LogP contribution in [0, 0.1) is 17.8 Å². The number of aliphatic hydroxyl groups excluding tert-OH is 1. The molecule has 0 bridgehead atoms. The van der Waals surface area contributed by atoms with Gasteiger partial charge in [0.1, 0.15) is 24.2 Å². The fourth-order valence-corrected chi connectivity index (χ4v) is 6.07. The molecule has 0 aromatic heterocycles. The minimum absolute atomic E-state index is 0.00813. The summed E-state index contributed by atoms with van der Waals surface area (Å²) in [6.07, 6.45) is 9.10. The van der Waals surface area contributed by atoms with Crippen LogP contribution in [0.4, 0.5) is 0 Å². The molecule has 8 heteroatoms. The van der Waals surface area contributed by atoms with Gasteiger partial charge in [-0.25, -0.2) is 0 Å². The molecule has 4 aliphatic rings. The fourth-order valence-electron chi connectivity index (χ4n) is 6.07. The van der Waals surface area contributed by atoms with Crippen molar-refractivity contribution in [3.63, 3.8) is 0 Å². The molecule has 8 atom stereocenters. The van der Waals surface area contributed by atoms with E-state index in [4.69, 9.17) is 9.47 Å². The Bertz CT molecular complexity index is 856. The molecule has 2 fully saturated rings. The van der Waals surface area contributed by atoms with Crippen LogP contribution < -0.4 is 0 Å². The summed E-state index contributed by atoms with van der Waals surface area (Å²) < 4.78 is 11.9. The Morgan fingerprint density at radius 2 is 1.94 bits per heavy atom. The molecule has 4 heterocycles. The monoisotopic (exact) mass is 460 g/mol. The van der Waals surface area contributed by atoms with Gasteiger partial charge in [0.25, 0.3) is 0 Å². The van der Waals surface area contributed by atoms with Gasteiger partial charge in [-0.1, -0.05) is 51.8 Å². The van der Waals surface area contributed by atoms with Crippen LogP contribution in [-0.4, -0.2) is 82.3 Å². The Kier molecular flexibility index (Phi) is 6.69. The molecular formula is C25H36N2O6. The Morgan fingerprint density at radius 3 is 2.61 bits per heavy atom. The highest BCUT2D eigenvalue weighted by atomic mass is 16.6. The minimum Gasteiger partial charge on any atom is -0.461 e. The molecule has 2 amide bonds. The Hall–Kier alpha value is -2.19. The molecule has 182 valence electrons. The van der Waals surface area contributed by atoms with Gasteiger partial charge in [0.2, 0.25) is 11.8 Å². The summed E-state index contributed by atoms with van der Waals surface area (Å²) in [6.45, 7) is 8.35. The van der Waals surface area contributed by atoms with Gasteiger partial charge in [-0.15, -0.1) is 0 Å². The van der Waals surface area contributed by atoms with E-state index in [9.17, 15) is 19.5 Å². The zero-order chi connectivity index (χ0) is 23.9. The topological polar surface area (TPSA) is 96.4 Å². The second-order valence-electron chi connectivity index (χ2n) is 9.81. The molecule has 8 nitrogen and oxygen atoms in total. The first kappa shape index (κ1) is 24.0. The predicted octanol–water partition coefficient (Wildman–Crippen LogP) is 1.67. The molecule has 4 aliphatic heterocycles. The van der Waals surface area contributed by atoms with Crippen LogP contribution in [0.1, 0.15) is 47.0 Å². The molecule has 4 rings (SSSR count). The predicted molar refractivity (Wildman–Crippen MR) is 121 cm³/mol. The average Bonchev–Trinajstić information content (AvgIpc) is 3.09. The zero-order valence-corrected chi connectivity index (χ0v) is 20.0. The summed E-state index contributed by atoms with van der Waals surface area (Å²) in [7, 11) is 0. The quantitative estimate of drug-likeness (QED) is 0.459. The summed E-state index contributed by atoms with van der Waals surface area (Å²) in [6, 6.07) is -1.49. The van der Waals surface area contributed by atoms with Gasteiger partial charge in [-0.3, -0.25) is 14.4 Å². The van der Waals surface area contributed by atoms with Gasteiger partial charge in [0.05, 0.1) is 24.7 Å². The number of nitrogens with zero attached hydrogens (tertiary/aromatic N) is 2. The van der Waals surface area contributed by atoms with Gasteiger partial charge in [0.15, 0.2) is 0 Å². The first-order valence-electron chi connectivity index (χ1n) is 12.2. The van der Waals surface area contributed by atoms with Crippen LogP contribution in [0.25, 0.3) is 0 Å².